The molecule has 0 bridgehead atoms. The Morgan fingerprint density at radius 1 is 0.867 bits per heavy atom. The summed E-state index contributed by atoms with van der Waals surface area (Å²) in [6.45, 7) is 2.06. The number of hydrogen-bond donors (Lipinski definition) is 0. The highest BCUT2D eigenvalue weighted by Gasteiger charge is 2.22. The maximum atomic E-state index is 5.67. The Balaban J connectivity index is 1.88. The summed E-state index contributed by atoms with van der Waals surface area (Å²) in [6, 6.07) is 12.6. The summed E-state index contributed by atoms with van der Waals surface area (Å²) in [6.07, 6.45) is 2.20. The number of aromatic nitrogens is 1. The predicted molar refractivity (Wildman–Crippen MR) is 117 cm³/mol. The van der Waals surface area contributed by atoms with Crippen molar-refractivity contribution in [2.75, 3.05) is 41.7 Å². The normalized spacial score (nSPS) is 13.0. The molecule has 1 aromatic heterocycles. The van der Waals surface area contributed by atoms with Gasteiger partial charge in [-0.3, -0.25) is 0 Å². The molecular formula is C24H25N2O4+. The summed E-state index contributed by atoms with van der Waals surface area (Å²) in [5.41, 5.74) is 1.17. The standard InChI is InChI=1S/C24H25N2O4/c1-25(2)7-8-26-13-16-10-20(27-3)21(28-4)11-18(16)17-6-5-15-9-22-23(30-14-29-22)12-19(15)24(17)26/h5-6,9-13H,7-8,14H2,1-4H3/q+1. The number of benzene rings is 3. The SMILES string of the molecule is COc1cc2c[n+](CCN(C)C)c3c4cc5c(cc4ccc3c2cc1OC)OCO5. The van der Waals surface area contributed by atoms with Gasteiger partial charge >= 0.3 is 0 Å². The molecule has 30 heavy (non-hydrogen) atoms. The van der Waals surface area contributed by atoms with Gasteiger partial charge in [0.1, 0.15) is 0 Å². The fourth-order valence-electron chi connectivity index (χ4n) is 4.18. The van der Waals surface area contributed by atoms with Gasteiger partial charge in [-0.05, 0) is 49.8 Å². The van der Waals surface area contributed by atoms with Gasteiger partial charge in [-0.25, -0.2) is 0 Å². The van der Waals surface area contributed by atoms with Crippen LogP contribution in [0, 0.1) is 0 Å². The first-order valence-electron chi connectivity index (χ1n) is 9.98. The zero-order chi connectivity index (χ0) is 20.8. The molecule has 0 fully saturated rings. The molecule has 6 nitrogen and oxygen atoms in total. The van der Waals surface area contributed by atoms with E-state index in [1.54, 1.807) is 14.2 Å². The number of methoxy groups -OCH3 is 2. The highest BCUT2D eigenvalue weighted by Crippen LogP contribution is 2.40. The average Bonchev–Trinajstić information content (AvgIpc) is 3.21. The molecule has 0 amide bonds. The smallest absolute Gasteiger partial charge is 0.231 e. The lowest BCUT2D eigenvalue weighted by Gasteiger charge is -2.13. The number of fused-ring (bicyclic) bond motifs is 6. The lowest BCUT2D eigenvalue weighted by molar-refractivity contribution is -0.668. The lowest BCUT2D eigenvalue weighted by Crippen LogP contribution is -2.39. The summed E-state index contributed by atoms with van der Waals surface area (Å²) in [7, 11) is 7.52. The summed E-state index contributed by atoms with van der Waals surface area (Å²) < 4.78 is 24.7. The molecule has 6 heteroatoms. The molecule has 0 unspecified atom stereocenters. The minimum absolute atomic E-state index is 0.268. The third-order valence-corrected chi connectivity index (χ3v) is 5.70. The van der Waals surface area contributed by atoms with Gasteiger partial charge < -0.3 is 23.8 Å². The summed E-state index contributed by atoms with van der Waals surface area (Å²) in [5.74, 6) is 3.05. The zero-order valence-electron chi connectivity index (χ0n) is 17.7. The molecule has 0 saturated carbocycles. The predicted octanol–water partition coefficient (Wildman–Crippen LogP) is 3.74. The largest absolute Gasteiger partial charge is 0.493 e. The Morgan fingerprint density at radius 3 is 2.33 bits per heavy atom. The van der Waals surface area contributed by atoms with Crippen LogP contribution < -0.4 is 23.5 Å². The minimum atomic E-state index is 0.268. The van der Waals surface area contributed by atoms with Crippen molar-refractivity contribution in [1.82, 2.24) is 4.90 Å². The lowest BCUT2D eigenvalue weighted by atomic mass is 10.00. The van der Waals surface area contributed by atoms with Gasteiger partial charge in [0.2, 0.25) is 12.3 Å². The molecule has 1 aliphatic rings. The van der Waals surface area contributed by atoms with E-state index in [9.17, 15) is 0 Å². The van der Waals surface area contributed by atoms with E-state index in [2.05, 4.69) is 60.1 Å². The quantitative estimate of drug-likeness (QED) is 0.374. The maximum absolute atomic E-state index is 5.67. The van der Waals surface area contributed by atoms with E-state index in [1.807, 2.05) is 6.07 Å². The van der Waals surface area contributed by atoms with E-state index in [0.29, 0.717) is 0 Å². The van der Waals surface area contributed by atoms with Crippen LogP contribution in [0.5, 0.6) is 23.0 Å². The van der Waals surface area contributed by atoms with Gasteiger partial charge in [0, 0.05) is 5.39 Å². The minimum Gasteiger partial charge on any atom is -0.493 e. The van der Waals surface area contributed by atoms with Crippen LogP contribution in [0.15, 0.2) is 42.6 Å². The summed E-state index contributed by atoms with van der Waals surface area (Å²) in [5, 5.41) is 5.68. The first-order valence-corrected chi connectivity index (χ1v) is 9.98. The molecule has 2 heterocycles. The second-order valence-corrected chi connectivity index (χ2v) is 7.81. The van der Waals surface area contributed by atoms with Gasteiger partial charge in [0.25, 0.3) is 0 Å². The van der Waals surface area contributed by atoms with Crippen molar-refractivity contribution in [2.45, 2.75) is 6.54 Å². The van der Waals surface area contributed by atoms with E-state index < -0.39 is 0 Å². The molecule has 5 rings (SSSR count). The second kappa shape index (κ2) is 7.22. The van der Waals surface area contributed by atoms with E-state index in [-0.39, 0.29) is 6.79 Å². The Morgan fingerprint density at radius 2 is 1.60 bits per heavy atom. The number of rotatable bonds is 5. The van der Waals surface area contributed by atoms with Crippen LogP contribution in [0.1, 0.15) is 0 Å². The van der Waals surface area contributed by atoms with Crippen molar-refractivity contribution in [1.29, 1.82) is 0 Å². The third kappa shape index (κ3) is 2.95. The van der Waals surface area contributed by atoms with Gasteiger partial charge in [-0.2, -0.15) is 4.57 Å². The van der Waals surface area contributed by atoms with Crippen LogP contribution in [0.2, 0.25) is 0 Å². The zero-order valence-corrected chi connectivity index (χ0v) is 17.7. The van der Waals surface area contributed by atoms with E-state index >= 15 is 0 Å². The molecule has 154 valence electrons. The molecular weight excluding hydrogens is 380 g/mol. The highest BCUT2D eigenvalue weighted by atomic mass is 16.7. The number of nitrogens with zero attached hydrogens (tertiary/aromatic N) is 2. The van der Waals surface area contributed by atoms with Crippen LogP contribution in [0.4, 0.5) is 0 Å². The molecule has 0 N–H and O–H groups in total. The summed E-state index contributed by atoms with van der Waals surface area (Å²) in [4.78, 5) is 2.19. The first-order chi connectivity index (χ1) is 14.6. The Kier molecular flexibility index (Phi) is 4.51. The number of hydrogen-bond acceptors (Lipinski definition) is 5. The van der Waals surface area contributed by atoms with Gasteiger partial charge in [-0.1, -0.05) is 6.07 Å². The van der Waals surface area contributed by atoms with Gasteiger partial charge in [0.15, 0.2) is 35.7 Å². The van der Waals surface area contributed by atoms with Crippen molar-refractivity contribution in [3.05, 3.63) is 42.6 Å². The Bertz CT molecular complexity index is 1280. The monoisotopic (exact) mass is 405 g/mol. The van der Waals surface area contributed by atoms with Crippen molar-refractivity contribution in [3.8, 4) is 23.0 Å². The van der Waals surface area contributed by atoms with Crippen molar-refractivity contribution in [3.63, 3.8) is 0 Å². The van der Waals surface area contributed by atoms with Crippen LogP contribution in [0.25, 0.3) is 32.4 Å². The van der Waals surface area contributed by atoms with Crippen LogP contribution in [-0.2, 0) is 6.54 Å². The molecule has 0 aliphatic carbocycles. The summed E-state index contributed by atoms with van der Waals surface area (Å²) >= 11 is 0. The van der Waals surface area contributed by atoms with Crippen LogP contribution in [-0.4, -0.2) is 46.6 Å². The second-order valence-electron chi connectivity index (χ2n) is 7.81. The third-order valence-electron chi connectivity index (χ3n) is 5.70. The van der Waals surface area contributed by atoms with Crippen molar-refractivity contribution < 1.29 is 23.5 Å². The number of likely N-dealkylation sites (N-methyl/N-ethyl adjacent to an activating group) is 1. The maximum Gasteiger partial charge on any atom is 0.231 e. The molecule has 1 aliphatic heterocycles. The fourth-order valence-corrected chi connectivity index (χ4v) is 4.18. The van der Waals surface area contributed by atoms with Crippen LogP contribution in [0.3, 0.4) is 0 Å². The molecule has 0 atom stereocenters. The van der Waals surface area contributed by atoms with Crippen molar-refractivity contribution >= 4 is 32.4 Å². The molecule has 3 aromatic carbocycles. The Labute approximate surface area is 175 Å². The molecule has 4 aromatic rings. The van der Waals surface area contributed by atoms with E-state index in [4.69, 9.17) is 18.9 Å². The van der Waals surface area contributed by atoms with E-state index in [0.717, 1.165) is 57.6 Å². The van der Waals surface area contributed by atoms with Crippen molar-refractivity contribution in [2.24, 2.45) is 0 Å². The van der Waals surface area contributed by atoms with Gasteiger partial charge in [0.05, 0.1) is 36.9 Å². The topological polar surface area (TPSA) is 44.0 Å². The average molecular weight is 405 g/mol. The number of ether oxygens (including phenoxy) is 4. The van der Waals surface area contributed by atoms with Crippen LogP contribution >= 0.6 is 0 Å². The van der Waals surface area contributed by atoms with E-state index in [1.165, 1.54) is 10.9 Å². The molecule has 0 saturated heterocycles. The number of pyridine rings is 1. The highest BCUT2D eigenvalue weighted by molar-refractivity contribution is 6.14. The Hall–Kier alpha value is -3.25. The fraction of sp³-hybridized carbons (Fsp3) is 0.292. The molecule has 0 spiro atoms. The first kappa shape index (κ1) is 18.8. The van der Waals surface area contributed by atoms with Gasteiger partial charge in [-0.15, -0.1) is 0 Å². The molecule has 0 radical (unpaired) electrons.